The Kier molecular flexibility index (Phi) is 7.70. The van der Waals surface area contributed by atoms with Crippen LogP contribution in [0.3, 0.4) is 0 Å². The van der Waals surface area contributed by atoms with Crippen molar-refractivity contribution in [2.75, 3.05) is 27.4 Å². The maximum Gasteiger partial charge on any atom is 0.244 e. The molecule has 1 amide bonds. The van der Waals surface area contributed by atoms with Crippen molar-refractivity contribution in [1.29, 1.82) is 0 Å². The van der Waals surface area contributed by atoms with Gasteiger partial charge in [-0.1, -0.05) is 18.2 Å². The second-order valence-corrected chi connectivity index (χ2v) is 5.92. The molecule has 27 heavy (non-hydrogen) atoms. The van der Waals surface area contributed by atoms with E-state index in [2.05, 4.69) is 5.32 Å². The lowest BCUT2D eigenvalue weighted by molar-refractivity contribution is -0.117. The third-order valence-electron chi connectivity index (χ3n) is 3.89. The second-order valence-electron chi connectivity index (χ2n) is 5.92. The van der Waals surface area contributed by atoms with E-state index >= 15 is 0 Å². The van der Waals surface area contributed by atoms with E-state index in [-0.39, 0.29) is 19.1 Å². The van der Waals surface area contributed by atoms with Crippen LogP contribution in [0.4, 0.5) is 0 Å². The molecular weight excluding hydrogens is 346 g/mol. The molecule has 0 fully saturated rings. The van der Waals surface area contributed by atoms with Crippen molar-refractivity contribution >= 4 is 12.0 Å². The summed E-state index contributed by atoms with van der Waals surface area (Å²) in [6.07, 6.45) is 2.20. The van der Waals surface area contributed by atoms with Crippen LogP contribution in [0.5, 0.6) is 17.2 Å². The molecule has 0 aliphatic carbocycles. The van der Waals surface area contributed by atoms with Gasteiger partial charge in [-0.2, -0.15) is 0 Å². The molecule has 0 heterocycles. The van der Waals surface area contributed by atoms with E-state index in [1.54, 1.807) is 38.5 Å². The molecule has 2 N–H and O–H groups in total. The minimum Gasteiger partial charge on any atom is -0.497 e. The molecule has 1 atom stereocenters. The molecule has 0 saturated carbocycles. The molecule has 2 aromatic rings. The Bertz CT molecular complexity index is 788. The molecule has 6 nitrogen and oxygen atoms in total. The maximum absolute atomic E-state index is 12.0. The Morgan fingerprint density at radius 2 is 1.93 bits per heavy atom. The minimum atomic E-state index is -0.812. The first kappa shape index (κ1) is 20.3. The van der Waals surface area contributed by atoms with Gasteiger partial charge in [0.25, 0.3) is 0 Å². The van der Waals surface area contributed by atoms with E-state index in [1.807, 2.05) is 31.2 Å². The Balaban J connectivity index is 1.83. The number of ether oxygens (including phenoxy) is 3. The number of amides is 1. The van der Waals surface area contributed by atoms with Crippen LogP contribution in [-0.4, -0.2) is 44.5 Å². The summed E-state index contributed by atoms with van der Waals surface area (Å²) in [6.45, 7) is 2.12. The Morgan fingerprint density at radius 1 is 1.15 bits per heavy atom. The highest BCUT2D eigenvalue weighted by molar-refractivity contribution is 5.92. The summed E-state index contributed by atoms with van der Waals surface area (Å²) in [4.78, 5) is 12.0. The number of nitrogens with one attached hydrogen (secondary N) is 1. The van der Waals surface area contributed by atoms with Gasteiger partial charge in [-0.15, -0.1) is 0 Å². The Morgan fingerprint density at radius 3 is 2.63 bits per heavy atom. The quantitative estimate of drug-likeness (QED) is 0.663. The van der Waals surface area contributed by atoms with Gasteiger partial charge >= 0.3 is 0 Å². The van der Waals surface area contributed by atoms with E-state index in [1.165, 1.54) is 6.08 Å². The summed E-state index contributed by atoms with van der Waals surface area (Å²) in [5.74, 6) is 1.69. The molecule has 2 aromatic carbocycles. The number of carbonyl (C=O) groups is 1. The molecule has 6 heteroatoms. The highest BCUT2D eigenvalue weighted by Gasteiger charge is 2.08. The predicted molar refractivity (Wildman–Crippen MR) is 104 cm³/mol. The van der Waals surface area contributed by atoms with Crippen molar-refractivity contribution in [3.63, 3.8) is 0 Å². The van der Waals surface area contributed by atoms with E-state index in [0.29, 0.717) is 17.2 Å². The van der Waals surface area contributed by atoms with Crippen molar-refractivity contribution in [3.05, 3.63) is 59.7 Å². The van der Waals surface area contributed by atoms with Crippen LogP contribution in [0.25, 0.3) is 6.08 Å². The monoisotopic (exact) mass is 371 g/mol. The first-order valence-corrected chi connectivity index (χ1v) is 8.58. The molecular formula is C21H25NO5. The average molecular weight is 371 g/mol. The summed E-state index contributed by atoms with van der Waals surface area (Å²) in [5, 5.41) is 12.6. The van der Waals surface area contributed by atoms with Crippen LogP contribution in [-0.2, 0) is 4.79 Å². The molecule has 144 valence electrons. The van der Waals surface area contributed by atoms with Gasteiger partial charge in [-0.25, -0.2) is 0 Å². The van der Waals surface area contributed by atoms with Gasteiger partial charge in [-0.3, -0.25) is 4.79 Å². The van der Waals surface area contributed by atoms with Crippen LogP contribution in [0.15, 0.2) is 48.5 Å². The SMILES string of the molecule is COc1ccc(OC)c(/C=C/C(=O)NCC(O)COc2ccccc2C)c1. The smallest absolute Gasteiger partial charge is 0.244 e. The molecule has 0 aromatic heterocycles. The fourth-order valence-electron chi connectivity index (χ4n) is 2.38. The third kappa shape index (κ3) is 6.34. The van der Waals surface area contributed by atoms with E-state index in [9.17, 15) is 9.90 Å². The lowest BCUT2D eigenvalue weighted by Gasteiger charge is -2.14. The van der Waals surface area contributed by atoms with Crippen molar-refractivity contribution in [3.8, 4) is 17.2 Å². The zero-order valence-electron chi connectivity index (χ0n) is 15.8. The molecule has 0 spiro atoms. The summed E-state index contributed by atoms with van der Waals surface area (Å²) in [6, 6.07) is 12.9. The van der Waals surface area contributed by atoms with E-state index in [4.69, 9.17) is 14.2 Å². The summed E-state index contributed by atoms with van der Waals surface area (Å²) >= 11 is 0. The van der Waals surface area contributed by atoms with Crippen molar-refractivity contribution < 1.29 is 24.1 Å². The van der Waals surface area contributed by atoms with Crippen LogP contribution in [0.2, 0.25) is 0 Å². The first-order chi connectivity index (χ1) is 13.0. The maximum atomic E-state index is 12.0. The first-order valence-electron chi connectivity index (χ1n) is 8.58. The number of carbonyl (C=O) groups excluding carboxylic acids is 1. The predicted octanol–water partition coefficient (Wildman–Crippen LogP) is 2.58. The summed E-state index contributed by atoms with van der Waals surface area (Å²) in [5.41, 5.74) is 1.71. The summed E-state index contributed by atoms with van der Waals surface area (Å²) in [7, 11) is 3.13. The molecule has 0 bridgehead atoms. The number of hydrogen-bond donors (Lipinski definition) is 2. The lowest BCUT2D eigenvalue weighted by Crippen LogP contribution is -2.34. The fourth-order valence-corrected chi connectivity index (χ4v) is 2.38. The topological polar surface area (TPSA) is 77.0 Å². The largest absolute Gasteiger partial charge is 0.497 e. The number of aliphatic hydroxyl groups is 1. The zero-order valence-corrected chi connectivity index (χ0v) is 15.8. The standard InChI is InChI=1S/C21H25NO5/c1-15-6-4-5-7-19(15)27-14-17(23)13-22-21(24)11-8-16-12-18(25-2)9-10-20(16)26-3/h4-12,17,23H,13-14H2,1-3H3,(H,22,24)/b11-8+. The van der Waals surface area contributed by atoms with Crippen molar-refractivity contribution in [2.45, 2.75) is 13.0 Å². The van der Waals surface area contributed by atoms with Crippen LogP contribution >= 0.6 is 0 Å². The number of para-hydroxylation sites is 1. The minimum absolute atomic E-state index is 0.0876. The van der Waals surface area contributed by atoms with Gasteiger partial charge in [0.05, 0.1) is 14.2 Å². The van der Waals surface area contributed by atoms with Crippen LogP contribution in [0, 0.1) is 6.92 Å². The van der Waals surface area contributed by atoms with Crippen molar-refractivity contribution in [2.24, 2.45) is 0 Å². The molecule has 0 aliphatic heterocycles. The highest BCUT2D eigenvalue weighted by Crippen LogP contribution is 2.25. The normalized spacial score (nSPS) is 11.9. The van der Waals surface area contributed by atoms with Gasteiger partial charge in [0.15, 0.2) is 0 Å². The van der Waals surface area contributed by atoms with Gasteiger partial charge in [0.1, 0.15) is 30.0 Å². The highest BCUT2D eigenvalue weighted by atomic mass is 16.5. The molecule has 2 rings (SSSR count). The van der Waals surface area contributed by atoms with Gasteiger partial charge in [-0.05, 0) is 42.8 Å². The second kappa shape index (κ2) is 10.2. The lowest BCUT2D eigenvalue weighted by atomic mass is 10.1. The van der Waals surface area contributed by atoms with E-state index < -0.39 is 6.10 Å². The molecule has 1 unspecified atom stereocenters. The van der Waals surface area contributed by atoms with Gasteiger partial charge in [0.2, 0.25) is 5.91 Å². The molecule has 0 aliphatic rings. The Labute approximate surface area is 159 Å². The number of aryl methyl sites for hydroxylation is 1. The number of aliphatic hydroxyl groups excluding tert-OH is 1. The Hall–Kier alpha value is -2.99. The number of hydrogen-bond acceptors (Lipinski definition) is 5. The molecule has 0 saturated heterocycles. The number of benzene rings is 2. The third-order valence-corrected chi connectivity index (χ3v) is 3.89. The van der Waals surface area contributed by atoms with Crippen LogP contribution in [0.1, 0.15) is 11.1 Å². The van der Waals surface area contributed by atoms with Gasteiger partial charge < -0.3 is 24.6 Å². The molecule has 0 radical (unpaired) electrons. The van der Waals surface area contributed by atoms with Crippen LogP contribution < -0.4 is 19.5 Å². The fraction of sp³-hybridized carbons (Fsp3) is 0.286. The summed E-state index contributed by atoms with van der Waals surface area (Å²) < 4.78 is 16.0. The average Bonchev–Trinajstić information content (AvgIpc) is 2.69. The van der Waals surface area contributed by atoms with E-state index in [0.717, 1.165) is 11.1 Å². The number of methoxy groups -OCH3 is 2. The zero-order chi connectivity index (χ0) is 19.6. The van der Waals surface area contributed by atoms with Gasteiger partial charge in [0, 0.05) is 18.2 Å². The van der Waals surface area contributed by atoms with Crippen molar-refractivity contribution in [1.82, 2.24) is 5.32 Å². The number of rotatable bonds is 9.